The molecular formula is C18H21Cl2FN4O4. The van der Waals surface area contributed by atoms with Crippen molar-refractivity contribution in [1.82, 2.24) is 9.55 Å². The number of aromatic amines is 1. The highest BCUT2D eigenvalue weighted by atomic mass is 35.5. The van der Waals surface area contributed by atoms with E-state index in [0.717, 1.165) is 23.5 Å². The molecule has 29 heavy (non-hydrogen) atoms. The number of nitrogens with one attached hydrogen (secondary N) is 1. The maximum absolute atomic E-state index is 13.9. The quantitative estimate of drug-likeness (QED) is 0.605. The number of unbranched alkanes of at least 4 members (excludes halogenated alkanes) is 1. The van der Waals surface area contributed by atoms with Crippen LogP contribution < -0.4 is 21.9 Å². The van der Waals surface area contributed by atoms with E-state index < -0.39 is 23.0 Å². The van der Waals surface area contributed by atoms with Crippen LogP contribution in [0.3, 0.4) is 0 Å². The molecule has 0 aliphatic rings. The minimum absolute atomic E-state index is 0.0480. The summed E-state index contributed by atoms with van der Waals surface area (Å²) in [6.45, 7) is 2.15. The predicted molar refractivity (Wildman–Crippen MR) is 111 cm³/mol. The van der Waals surface area contributed by atoms with Gasteiger partial charge in [-0.1, -0.05) is 36.5 Å². The number of H-pyrrole nitrogens is 1. The van der Waals surface area contributed by atoms with E-state index in [0.29, 0.717) is 6.42 Å². The minimum Gasteiger partial charge on any atom is -0.383 e. The van der Waals surface area contributed by atoms with Gasteiger partial charge in [-0.15, -0.1) is 0 Å². The van der Waals surface area contributed by atoms with Gasteiger partial charge in [0.15, 0.2) is 5.69 Å². The number of anilines is 2. The topological polar surface area (TPSA) is 110 Å². The molecule has 3 N–H and O–H groups in total. The Morgan fingerprint density at radius 1 is 1.31 bits per heavy atom. The summed E-state index contributed by atoms with van der Waals surface area (Å²) in [5.74, 6) is -1.82. The Kier molecular flexibility index (Phi) is 7.83. The summed E-state index contributed by atoms with van der Waals surface area (Å²) in [5.41, 5.74) is 4.10. The number of halogens is 3. The summed E-state index contributed by atoms with van der Waals surface area (Å²) in [6, 6.07) is 1.97. The molecule has 0 unspecified atom stereocenters. The van der Waals surface area contributed by atoms with E-state index in [1.165, 1.54) is 11.7 Å². The molecule has 2 aromatic rings. The lowest BCUT2D eigenvalue weighted by molar-refractivity contribution is 0.0975. The molecule has 1 aromatic heterocycles. The molecule has 0 saturated heterocycles. The van der Waals surface area contributed by atoms with Crippen LogP contribution in [0.15, 0.2) is 21.7 Å². The number of hydrogen-bond acceptors (Lipinski definition) is 5. The molecule has 1 amide bonds. The lowest BCUT2D eigenvalue weighted by Crippen LogP contribution is -2.42. The van der Waals surface area contributed by atoms with Gasteiger partial charge in [-0.05, 0) is 18.6 Å². The Morgan fingerprint density at radius 2 is 2.00 bits per heavy atom. The summed E-state index contributed by atoms with van der Waals surface area (Å²) in [6.07, 6.45) is 1.42. The molecule has 8 nitrogen and oxygen atoms in total. The molecular weight excluding hydrogens is 426 g/mol. The number of carbonyl (C=O) groups is 1. The first-order valence-corrected chi connectivity index (χ1v) is 9.56. The third kappa shape index (κ3) is 4.98. The van der Waals surface area contributed by atoms with Gasteiger partial charge in [0.25, 0.3) is 11.5 Å². The van der Waals surface area contributed by atoms with Gasteiger partial charge in [0.1, 0.15) is 11.6 Å². The van der Waals surface area contributed by atoms with Crippen molar-refractivity contribution in [1.29, 1.82) is 0 Å². The molecule has 11 heteroatoms. The number of benzene rings is 1. The second-order valence-electron chi connectivity index (χ2n) is 6.19. The minimum atomic E-state index is -0.852. The zero-order valence-corrected chi connectivity index (χ0v) is 17.4. The summed E-state index contributed by atoms with van der Waals surface area (Å²) < 4.78 is 20.1. The molecule has 0 bridgehead atoms. The van der Waals surface area contributed by atoms with E-state index in [4.69, 9.17) is 33.7 Å². The van der Waals surface area contributed by atoms with E-state index in [-0.39, 0.29) is 46.8 Å². The van der Waals surface area contributed by atoms with Gasteiger partial charge >= 0.3 is 5.69 Å². The first-order chi connectivity index (χ1) is 13.7. The summed E-state index contributed by atoms with van der Waals surface area (Å²) >= 11 is 11.8. The van der Waals surface area contributed by atoms with Crippen LogP contribution in [0.2, 0.25) is 10.0 Å². The molecule has 0 fully saturated rings. The number of rotatable bonds is 8. The first kappa shape index (κ1) is 22.9. The number of nitrogen functional groups attached to an aromatic ring is 1. The lowest BCUT2D eigenvalue weighted by Gasteiger charge is -2.24. The fourth-order valence-corrected chi connectivity index (χ4v) is 3.17. The number of carbonyl (C=O) groups excluding carboxylic acids is 1. The van der Waals surface area contributed by atoms with Crippen LogP contribution in [-0.2, 0) is 11.3 Å². The standard InChI is InChI=1S/C18H21Cl2FN4O4/c1-3-4-5-25-15(22)14(16(26)23-18(25)28)24(6-7-29-2)17(27)10-8-13(21)12(20)9-11(10)19/h8-9H,3-7,22H2,1-2H3,(H,23,26,28). The number of ether oxygens (including phenoxy) is 1. The van der Waals surface area contributed by atoms with Crippen LogP contribution in [0.1, 0.15) is 30.1 Å². The Balaban J connectivity index is 2.64. The van der Waals surface area contributed by atoms with E-state index >= 15 is 0 Å². The monoisotopic (exact) mass is 446 g/mol. The van der Waals surface area contributed by atoms with Crippen molar-refractivity contribution in [3.8, 4) is 0 Å². The molecule has 0 aliphatic carbocycles. The van der Waals surface area contributed by atoms with Crippen LogP contribution in [0.4, 0.5) is 15.9 Å². The highest BCUT2D eigenvalue weighted by molar-refractivity contribution is 6.37. The maximum Gasteiger partial charge on any atom is 0.330 e. The van der Waals surface area contributed by atoms with Gasteiger partial charge in [-0.2, -0.15) is 0 Å². The molecule has 0 radical (unpaired) electrons. The number of amides is 1. The normalized spacial score (nSPS) is 10.9. The number of nitrogens with zero attached hydrogens (tertiary/aromatic N) is 2. The predicted octanol–water partition coefficient (Wildman–Crippen LogP) is 2.66. The fraction of sp³-hybridized carbons (Fsp3) is 0.389. The lowest BCUT2D eigenvalue weighted by atomic mass is 10.1. The molecule has 1 aromatic carbocycles. The summed E-state index contributed by atoms with van der Waals surface area (Å²) in [7, 11) is 1.41. The SMILES string of the molecule is CCCCn1c(N)c(N(CCOC)C(=O)c2cc(F)c(Cl)cc2Cl)c(=O)[nH]c1=O. The van der Waals surface area contributed by atoms with Gasteiger partial charge in [0.05, 0.1) is 22.2 Å². The Bertz CT molecular complexity index is 1020. The Hall–Kier alpha value is -2.36. The smallest absolute Gasteiger partial charge is 0.330 e. The van der Waals surface area contributed by atoms with Crippen LogP contribution in [0.25, 0.3) is 0 Å². The second-order valence-corrected chi connectivity index (χ2v) is 7.01. The molecule has 0 saturated carbocycles. The summed E-state index contributed by atoms with van der Waals surface area (Å²) in [5, 5.41) is -0.349. The molecule has 1 heterocycles. The van der Waals surface area contributed by atoms with E-state index in [9.17, 15) is 18.8 Å². The highest BCUT2D eigenvalue weighted by Gasteiger charge is 2.27. The van der Waals surface area contributed by atoms with Gasteiger partial charge in [-0.3, -0.25) is 24.0 Å². The number of methoxy groups -OCH3 is 1. The van der Waals surface area contributed by atoms with Gasteiger partial charge < -0.3 is 10.5 Å². The number of hydrogen-bond donors (Lipinski definition) is 2. The van der Waals surface area contributed by atoms with Crippen LogP contribution in [-0.4, -0.2) is 35.7 Å². The van der Waals surface area contributed by atoms with E-state index in [2.05, 4.69) is 4.98 Å². The van der Waals surface area contributed by atoms with Crippen LogP contribution in [0.5, 0.6) is 0 Å². The van der Waals surface area contributed by atoms with Crippen molar-refractivity contribution in [2.45, 2.75) is 26.3 Å². The van der Waals surface area contributed by atoms with Crippen LogP contribution in [0, 0.1) is 5.82 Å². The van der Waals surface area contributed by atoms with Crippen molar-refractivity contribution in [2.24, 2.45) is 0 Å². The average molecular weight is 447 g/mol. The largest absolute Gasteiger partial charge is 0.383 e. The van der Waals surface area contributed by atoms with Gasteiger partial charge in [-0.25, -0.2) is 9.18 Å². The van der Waals surface area contributed by atoms with Crippen molar-refractivity contribution >= 4 is 40.6 Å². The third-order valence-electron chi connectivity index (χ3n) is 4.22. The fourth-order valence-electron chi connectivity index (χ4n) is 2.71. The molecule has 2 rings (SSSR count). The van der Waals surface area contributed by atoms with Crippen molar-refractivity contribution in [2.75, 3.05) is 30.9 Å². The van der Waals surface area contributed by atoms with Gasteiger partial charge in [0, 0.05) is 20.2 Å². The van der Waals surface area contributed by atoms with E-state index in [1.54, 1.807) is 0 Å². The molecule has 0 aliphatic heterocycles. The Labute approximate surface area is 176 Å². The zero-order chi connectivity index (χ0) is 21.7. The van der Waals surface area contributed by atoms with Crippen molar-refractivity contribution < 1.29 is 13.9 Å². The number of nitrogens with two attached hydrogens (primary N) is 1. The molecule has 158 valence electrons. The van der Waals surface area contributed by atoms with Crippen LogP contribution >= 0.6 is 23.2 Å². The van der Waals surface area contributed by atoms with E-state index in [1.807, 2.05) is 6.92 Å². The van der Waals surface area contributed by atoms with Crippen molar-refractivity contribution in [3.05, 3.63) is 54.4 Å². The van der Waals surface area contributed by atoms with Crippen molar-refractivity contribution in [3.63, 3.8) is 0 Å². The Morgan fingerprint density at radius 3 is 2.62 bits per heavy atom. The molecule has 0 spiro atoms. The first-order valence-electron chi connectivity index (χ1n) is 8.80. The second kappa shape index (κ2) is 9.91. The maximum atomic E-state index is 13.9. The zero-order valence-electron chi connectivity index (χ0n) is 15.9. The average Bonchev–Trinajstić information content (AvgIpc) is 2.66. The highest BCUT2D eigenvalue weighted by Crippen LogP contribution is 2.27. The van der Waals surface area contributed by atoms with Gasteiger partial charge in [0.2, 0.25) is 0 Å². The third-order valence-corrected chi connectivity index (χ3v) is 4.83. The molecule has 0 atom stereocenters. The number of aromatic nitrogens is 2. The summed E-state index contributed by atoms with van der Waals surface area (Å²) in [4.78, 5) is 41.0.